The second-order valence-corrected chi connectivity index (χ2v) is 7.45. The van der Waals surface area contributed by atoms with Gasteiger partial charge in [0.05, 0.1) is 23.1 Å². The van der Waals surface area contributed by atoms with Crippen LogP contribution in [0, 0.1) is 6.92 Å². The highest BCUT2D eigenvalue weighted by Gasteiger charge is 2.32. The lowest BCUT2D eigenvalue weighted by Gasteiger charge is -2.32. The molecule has 2 saturated heterocycles. The van der Waals surface area contributed by atoms with Crippen molar-refractivity contribution in [2.24, 2.45) is 0 Å². The number of aromatic nitrogens is 2. The summed E-state index contributed by atoms with van der Waals surface area (Å²) in [7, 11) is 0. The van der Waals surface area contributed by atoms with Crippen molar-refractivity contribution in [3.05, 3.63) is 46.7 Å². The maximum Gasteiger partial charge on any atom is 0.257 e. The highest BCUT2D eigenvalue weighted by Crippen LogP contribution is 2.22. The van der Waals surface area contributed by atoms with E-state index in [1.165, 1.54) is 0 Å². The van der Waals surface area contributed by atoms with Crippen LogP contribution < -0.4 is 5.32 Å². The fourth-order valence-electron chi connectivity index (χ4n) is 3.90. The molecule has 2 aliphatic rings. The van der Waals surface area contributed by atoms with E-state index in [2.05, 4.69) is 15.3 Å². The average Bonchev–Trinajstić information content (AvgIpc) is 3.30. The van der Waals surface area contributed by atoms with Gasteiger partial charge in [-0.1, -0.05) is 11.6 Å². The van der Waals surface area contributed by atoms with Crippen molar-refractivity contribution in [2.45, 2.75) is 19.4 Å². The number of hydrogen-bond donors (Lipinski definition) is 1. The van der Waals surface area contributed by atoms with Gasteiger partial charge in [-0.15, -0.1) is 0 Å². The van der Waals surface area contributed by atoms with Crippen LogP contribution in [0.15, 0.2) is 30.5 Å². The molecule has 7 heteroatoms. The van der Waals surface area contributed by atoms with E-state index in [0.717, 1.165) is 57.1 Å². The first-order valence-electron chi connectivity index (χ1n) is 9.18. The molecule has 1 aromatic carbocycles. The number of nitrogens with one attached hydrogen (secondary N) is 1. The van der Waals surface area contributed by atoms with Crippen molar-refractivity contribution < 1.29 is 4.79 Å². The van der Waals surface area contributed by atoms with Crippen LogP contribution >= 0.6 is 11.6 Å². The first-order valence-corrected chi connectivity index (χ1v) is 9.56. The third-order valence-electron chi connectivity index (χ3n) is 5.43. The molecule has 138 valence electrons. The summed E-state index contributed by atoms with van der Waals surface area (Å²) in [5.41, 5.74) is 2.45. The number of halogens is 1. The van der Waals surface area contributed by atoms with Gasteiger partial charge >= 0.3 is 0 Å². The average molecular weight is 374 g/mol. The van der Waals surface area contributed by atoms with Crippen molar-refractivity contribution in [1.82, 2.24) is 24.9 Å². The second kappa shape index (κ2) is 7.39. The maximum absolute atomic E-state index is 13.0. The quantitative estimate of drug-likeness (QED) is 0.893. The van der Waals surface area contributed by atoms with Crippen LogP contribution in [0.1, 0.15) is 22.5 Å². The molecule has 0 bridgehead atoms. The van der Waals surface area contributed by atoms with E-state index in [1.807, 2.05) is 36.1 Å². The number of rotatable bonds is 3. The van der Waals surface area contributed by atoms with E-state index in [4.69, 9.17) is 11.6 Å². The largest absolute Gasteiger partial charge is 0.337 e. The van der Waals surface area contributed by atoms with Gasteiger partial charge in [-0.2, -0.15) is 5.10 Å². The second-order valence-electron chi connectivity index (χ2n) is 7.01. The molecule has 1 N–H and O–H groups in total. The zero-order valence-corrected chi connectivity index (χ0v) is 15.7. The Balaban J connectivity index is 1.48. The molecule has 1 atom stereocenters. The molecule has 0 saturated carbocycles. The van der Waals surface area contributed by atoms with Gasteiger partial charge < -0.3 is 10.2 Å². The topological polar surface area (TPSA) is 53.4 Å². The Morgan fingerprint density at radius 2 is 1.92 bits per heavy atom. The third kappa shape index (κ3) is 3.37. The molecule has 2 fully saturated rings. The maximum atomic E-state index is 13.0. The molecule has 1 unspecified atom stereocenters. The zero-order valence-electron chi connectivity index (χ0n) is 15.0. The highest BCUT2D eigenvalue weighted by molar-refractivity contribution is 6.30. The van der Waals surface area contributed by atoms with Gasteiger partial charge in [0, 0.05) is 50.3 Å². The number of piperazine rings is 1. The highest BCUT2D eigenvalue weighted by atomic mass is 35.5. The number of benzene rings is 1. The van der Waals surface area contributed by atoms with Crippen LogP contribution in [0.4, 0.5) is 0 Å². The fourth-order valence-corrected chi connectivity index (χ4v) is 4.03. The fraction of sp³-hybridized carbons (Fsp3) is 0.474. The Morgan fingerprint density at radius 3 is 2.65 bits per heavy atom. The van der Waals surface area contributed by atoms with E-state index in [0.29, 0.717) is 16.6 Å². The molecule has 1 aromatic heterocycles. The van der Waals surface area contributed by atoms with Gasteiger partial charge in [-0.3, -0.25) is 9.69 Å². The summed E-state index contributed by atoms with van der Waals surface area (Å²) in [5.74, 6) is 0.0837. The normalized spacial score (nSPS) is 21.3. The first-order chi connectivity index (χ1) is 12.6. The number of carbonyl (C=O) groups is 1. The van der Waals surface area contributed by atoms with Gasteiger partial charge in [0.2, 0.25) is 0 Å². The van der Waals surface area contributed by atoms with Crippen LogP contribution in [0.2, 0.25) is 5.02 Å². The number of carbonyl (C=O) groups excluding carboxylic acids is 1. The van der Waals surface area contributed by atoms with Crippen molar-refractivity contribution in [1.29, 1.82) is 0 Å². The third-order valence-corrected chi connectivity index (χ3v) is 5.68. The van der Waals surface area contributed by atoms with Crippen molar-refractivity contribution in [3.63, 3.8) is 0 Å². The molecule has 2 aromatic rings. The Morgan fingerprint density at radius 1 is 1.19 bits per heavy atom. The Kier molecular flexibility index (Phi) is 4.98. The summed E-state index contributed by atoms with van der Waals surface area (Å²) < 4.78 is 1.80. The summed E-state index contributed by atoms with van der Waals surface area (Å²) in [4.78, 5) is 17.5. The minimum absolute atomic E-state index is 0.0837. The van der Waals surface area contributed by atoms with E-state index in [-0.39, 0.29) is 5.91 Å². The smallest absolute Gasteiger partial charge is 0.257 e. The van der Waals surface area contributed by atoms with Gasteiger partial charge in [0.15, 0.2) is 0 Å². The molecule has 2 aliphatic heterocycles. The SMILES string of the molecule is Cc1c(C(=O)N2CCC(N3CCNCC3)C2)cnn1-c1ccc(Cl)cc1. The van der Waals surface area contributed by atoms with Crippen LogP contribution in [-0.4, -0.2) is 70.8 Å². The van der Waals surface area contributed by atoms with Gasteiger partial charge in [-0.05, 0) is 37.6 Å². The number of nitrogens with zero attached hydrogens (tertiary/aromatic N) is 4. The monoisotopic (exact) mass is 373 g/mol. The molecule has 0 radical (unpaired) electrons. The predicted octanol–water partition coefficient (Wildman–Crippen LogP) is 1.95. The van der Waals surface area contributed by atoms with E-state index < -0.39 is 0 Å². The van der Waals surface area contributed by atoms with Gasteiger partial charge in [-0.25, -0.2) is 4.68 Å². The first kappa shape index (κ1) is 17.5. The molecular formula is C19H24ClN5O. The predicted molar refractivity (Wildman–Crippen MR) is 102 cm³/mol. The summed E-state index contributed by atoms with van der Waals surface area (Å²) in [6, 6.07) is 7.96. The molecule has 4 rings (SSSR count). The molecule has 6 nitrogen and oxygen atoms in total. The Hall–Kier alpha value is -1.89. The summed E-state index contributed by atoms with van der Waals surface area (Å²) >= 11 is 5.96. The summed E-state index contributed by atoms with van der Waals surface area (Å²) in [5, 5.41) is 8.50. The standard InChI is InChI=1S/C19H24ClN5O/c1-14-18(12-22-25(14)16-4-2-15(20)3-5-16)19(26)24-9-6-17(13-24)23-10-7-21-8-11-23/h2-5,12,17,21H,6-11,13H2,1H3. The van der Waals surface area contributed by atoms with E-state index >= 15 is 0 Å². The van der Waals surface area contributed by atoms with E-state index in [1.54, 1.807) is 10.9 Å². The minimum Gasteiger partial charge on any atom is -0.337 e. The summed E-state index contributed by atoms with van der Waals surface area (Å²) in [6.45, 7) is 7.79. The van der Waals surface area contributed by atoms with Crippen LogP contribution in [0.25, 0.3) is 5.69 Å². The molecular weight excluding hydrogens is 350 g/mol. The Bertz CT molecular complexity index is 782. The minimum atomic E-state index is 0.0837. The number of likely N-dealkylation sites (tertiary alicyclic amines) is 1. The molecule has 3 heterocycles. The zero-order chi connectivity index (χ0) is 18.1. The molecule has 0 aliphatic carbocycles. The van der Waals surface area contributed by atoms with Crippen LogP contribution in [-0.2, 0) is 0 Å². The lowest BCUT2D eigenvalue weighted by Crippen LogP contribution is -2.49. The molecule has 0 spiro atoms. The lowest BCUT2D eigenvalue weighted by molar-refractivity contribution is 0.0772. The molecule has 26 heavy (non-hydrogen) atoms. The molecule has 1 amide bonds. The van der Waals surface area contributed by atoms with Crippen molar-refractivity contribution in [3.8, 4) is 5.69 Å². The number of amides is 1. The summed E-state index contributed by atoms with van der Waals surface area (Å²) in [6.07, 6.45) is 2.74. The lowest BCUT2D eigenvalue weighted by atomic mass is 10.2. The van der Waals surface area contributed by atoms with Crippen LogP contribution in [0.5, 0.6) is 0 Å². The van der Waals surface area contributed by atoms with Crippen molar-refractivity contribution in [2.75, 3.05) is 39.3 Å². The van der Waals surface area contributed by atoms with E-state index in [9.17, 15) is 4.79 Å². The number of hydrogen-bond acceptors (Lipinski definition) is 4. The van der Waals surface area contributed by atoms with Crippen LogP contribution in [0.3, 0.4) is 0 Å². The van der Waals surface area contributed by atoms with Gasteiger partial charge in [0.1, 0.15) is 0 Å². The van der Waals surface area contributed by atoms with Crippen molar-refractivity contribution >= 4 is 17.5 Å². The van der Waals surface area contributed by atoms with Gasteiger partial charge in [0.25, 0.3) is 5.91 Å². The Labute approximate surface area is 158 Å².